The summed E-state index contributed by atoms with van der Waals surface area (Å²) >= 11 is 8.26. The fourth-order valence-electron chi connectivity index (χ4n) is 0.625. The van der Waals surface area contributed by atoms with Crippen LogP contribution in [-0.2, 0) is 12.6 Å². The summed E-state index contributed by atoms with van der Waals surface area (Å²) in [4.78, 5) is 0. The van der Waals surface area contributed by atoms with E-state index in [-0.39, 0.29) is 55.7 Å². The molecule has 0 aliphatic carbocycles. The summed E-state index contributed by atoms with van der Waals surface area (Å²) in [6.45, 7) is 2.50. The smallest absolute Gasteiger partial charge is 0.415 e. The zero-order valence-electron chi connectivity index (χ0n) is 6.22. The largest absolute Gasteiger partial charge is 1.00 e. The summed E-state index contributed by atoms with van der Waals surface area (Å²) in [5.74, 6) is 0. The van der Waals surface area contributed by atoms with Crippen molar-refractivity contribution in [2.45, 2.75) is 12.8 Å². The molecule has 0 saturated carbocycles. The molecule has 5 heteroatoms. The van der Waals surface area contributed by atoms with Gasteiger partial charge in [0, 0.05) is 0 Å². The number of nitrogens with two attached hydrogens (primary N) is 1. The van der Waals surface area contributed by atoms with Gasteiger partial charge in [-0.3, -0.25) is 0 Å². The second-order valence-corrected chi connectivity index (χ2v) is 2.91. The molecule has 1 saturated heterocycles. The summed E-state index contributed by atoms with van der Waals surface area (Å²) < 4.78 is 0.0833. The van der Waals surface area contributed by atoms with Crippen LogP contribution >= 0.6 is 12.2 Å². The van der Waals surface area contributed by atoms with E-state index < -0.39 is 0 Å². The van der Waals surface area contributed by atoms with Crippen molar-refractivity contribution >= 4 is 29.2 Å². The number of hydrogen-bond acceptors (Lipinski definition) is 3. The van der Waals surface area contributed by atoms with Crippen molar-refractivity contribution in [2.24, 2.45) is 5.73 Å². The molecular formula is C5H11KN2S2. The second kappa shape index (κ2) is 10.7. The Hall–Kier alpha value is 1.71. The molecule has 0 aromatic rings. The molecule has 0 spiro atoms. The minimum Gasteiger partial charge on any atom is -0.415 e. The molecule has 1 heterocycles. The maximum Gasteiger partial charge on any atom is 1.00 e. The molecular weight excluding hydrogens is 191 g/mol. The summed E-state index contributed by atoms with van der Waals surface area (Å²) in [6, 6.07) is 0. The van der Waals surface area contributed by atoms with Gasteiger partial charge in [-0.05, 0) is 25.9 Å². The van der Waals surface area contributed by atoms with E-state index in [1.54, 1.807) is 0 Å². The number of nitrogens with one attached hydrogen (secondary N) is 1. The normalized spacial score (nSPS) is 14.4. The van der Waals surface area contributed by atoms with Crippen LogP contribution in [0.3, 0.4) is 0 Å². The zero-order chi connectivity index (χ0) is 7.11. The maximum atomic E-state index is 4.66. The van der Waals surface area contributed by atoms with Crippen molar-refractivity contribution in [1.29, 1.82) is 0 Å². The van der Waals surface area contributed by atoms with Crippen LogP contribution in [0, 0.1) is 0 Å². The first-order valence-electron chi connectivity index (χ1n) is 2.90. The molecule has 0 radical (unpaired) electrons. The topological polar surface area (TPSA) is 38.0 Å². The molecule has 54 valence electrons. The molecule has 1 aliphatic heterocycles. The van der Waals surface area contributed by atoms with Gasteiger partial charge in [-0.2, -0.15) is 0 Å². The van der Waals surface area contributed by atoms with Crippen molar-refractivity contribution in [3.8, 4) is 0 Å². The summed E-state index contributed by atoms with van der Waals surface area (Å²) in [7, 11) is 0. The minimum atomic E-state index is 0. The Bertz CT molecular complexity index is 74.1. The van der Waals surface area contributed by atoms with Crippen LogP contribution in [0.2, 0.25) is 0 Å². The molecule has 1 fully saturated rings. The molecule has 0 aromatic carbocycles. The Kier molecular flexibility index (Phi) is 15.2. The van der Waals surface area contributed by atoms with Crippen molar-refractivity contribution < 1.29 is 51.4 Å². The van der Waals surface area contributed by atoms with E-state index in [4.69, 9.17) is 0 Å². The van der Waals surface area contributed by atoms with Gasteiger partial charge in [0.15, 0.2) is 0 Å². The van der Waals surface area contributed by atoms with Crippen LogP contribution in [0.1, 0.15) is 12.8 Å². The van der Waals surface area contributed by atoms with Gasteiger partial charge in [0.05, 0.1) is 0 Å². The molecule has 3 N–H and O–H groups in total. The molecule has 0 unspecified atom stereocenters. The molecule has 0 amide bonds. The average molecular weight is 202 g/mol. The van der Waals surface area contributed by atoms with Gasteiger partial charge in [-0.1, -0.05) is 4.32 Å². The molecule has 10 heavy (non-hydrogen) atoms. The van der Waals surface area contributed by atoms with E-state index in [0.717, 1.165) is 0 Å². The summed E-state index contributed by atoms with van der Waals surface area (Å²) in [5.41, 5.74) is 4.66. The third-order valence-corrected chi connectivity index (χ3v) is 0.957. The van der Waals surface area contributed by atoms with Gasteiger partial charge in [0.1, 0.15) is 0 Å². The molecule has 1 rings (SSSR count). The first-order chi connectivity index (χ1) is 4.23. The predicted octanol–water partition coefficient (Wildman–Crippen LogP) is -2.85. The Morgan fingerprint density at radius 1 is 1.40 bits per heavy atom. The van der Waals surface area contributed by atoms with Gasteiger partial charge in [0.2, 0.25) is 0 Å². The van der Waals surface area contributed by atoms with Crippen LogP contribution in [-0.4, -0.2) is 17.4 Å². The van der Waals surface area contributed by atoms with Gasteiger partial charge in [-0.15, -0.1) is 0 Å². The Morgan fingerprint density at radius 2 is 1.70 bits per heavy atom. The summed E-state index contributed by atoms with van der Waals surface area (Å²) in [6.07, 6.45) is 2.78. The first kappa shape index (κ1) is 14.2. The van der Waals surface area contributed by atoms with E-state index in [0.29, 0.717) is 0 Å². The van der Waals surface area contributed by atoms with Crippen molar-refractivity contribution in [1.82, 2.24) is 5.32 Å². The van der Waals surface area contributed by atoms with Gasteiger partial charge in [0.25, 0.3) is 0 Å². The zero-order valence-corrected chi connectivity index (χ0v) is 11.0. The van der Waals surface area contributed by atoms with Gasteiger partial charge >= 0.3 is 51.4 Å². The van der Waals surface area contributed by atoms with Crippen molar-refractivity contribution in [3.05, 3.63) is 0 Å². The monoisotopic (exact) mass is 202 g/mol. The molecule has 2 nitrogen and oxygen atoms in total. The summed E-state index contributed by atoms with van der Waals surface area (Å²) in [5, 5.41) is 3.22. The molecule has 0 atom stereocenters. The van der Waals surface area contributed by atoms with Gasteiger partial charge in [-0.25, -0.2) is 0 Å². The van der Waals surface area contributed by atoms with E-state index in [1.165, 1.54) is 25.9 Å². The number of thiocarbonyl (C=S) groups is 1. The number of rotatable bonds is 0. The average Bonchev–Trinajstić information content (AvgIpc) is 2.11. The maximum absolute atomic E-state index is 4.66. The van der Waals surface area contributed by atoms with E-state index in [2.05, 4.69) is 35.9 Å². The third kappa shape index (κ3) is 16.4. The Balaban J connectivity index is 0. The van der Waals surface area contributed by atoms with Crippen molar-refractivity contribution in [2.75, 3.05) is 13.1 Å². The van der Waals surface area contributed by atoms with Gasteiger partial charge < -0.3 is 35.9 Å². The predicted molar refractivity (Wildman–Crippen MR) is 46.3 cm³/mol. The van der Waals surface area contributed by atoms with E-state index in [9.17, 15) is 0 Å². The third-order valence-electron chi connectivity index (χ3n) is 0.957. The molecule has 0 aromatic heterocycles. The van der Waals surface area contributed by atoms with Crippen LogP contribution in [0.5, 0.6) is 0 Å². The molecule has 1 aliphatic rings. The standard InChI is InChI=1S/C4H9N.CH3NS2.K/c1-2-4-5-3-1;2-1(3)4;/h5H,1-4H2;(H3,2,3,4);/q;;+1/p-1. The quantitative estimate of drug-likeness (QED) is 0.252. The van der Waals surface area contributed by atoms with E-state index >= 15 is 0 Å². The Labute approximate surface area is 116 Å². The number of hydrogen-bond donors (Lipinski definition) is 2. The van der Waals surface area contributed by atoms with Crippen molar-refractivity contribution in [3.63, 3.8) is 0 Å². The van der Waals surface area contributed by atoms with Crippen LogP contribution < -0.4 is 62.4 Å². The van der Waals surface area contributed by atoms with Crippen LogP contribution in [0.4, 0.5) is 0 Å². The SMILES string of the molecule is C1CCNC1.NC(=S)[S-].[K+]. The first-order valence-corrected chi connectivity index (χ1v) is 3.72. The fraction of sp³-hybridized carbons (Fsp3) is 0.800. The Morgan fingerprint density at radius 3 is 1.80 bits per heavy atom. The molecule has 0 bridgehead atoms. The fourth-order valence-corrected chi connectivity index (χ4v) is 0.625. The van der Waals surface area contributed by atoms with Crippen LogP contribution in [0.25, 0.3) is 0 Å². The minimum absolute atomic E-state index is 0. The van der Waals surface area contributed by atoms with E-state index in [1.807, 2.05) is 0 Å². The second-order valence-electron chi connectivity index (χ2n) is 1.78. The van der Waals surface area contributed by atoms with Crippen LogP contribution in [0.15, 0.2) is 0 Å².